The molecule has 2 nitrogen and oxygen atoms in total. The molecule has 74 valence electrons. The van der Waals surface area contributed by atoms with Crippen molar-refractivity contribution in [3.8, 4) is 0 Å². The van der Waals surface area contributed by atoms with Gasteiger partial charge in [0, 0.05) is 6.42 Å². The zero-order chi connectivity index (χ0) is 9.97. The lowest BCUT2D eigenvalue weighted by molar-refractivity contribution is 0.224. The van der Waals surface area contributed by atoms with E-state index in [1.807, 2.05) is 6.92 Å². The molecule has 1 heterocycles. The Bertz CT molecular complexity index is 345. The van der Waals surface area contributed by atoms with Gasteiger partial charge < -0.3 is 4.74 Å². The van der Waals surface area contributed by atoms with Gasteiger partial charge in [-0.15, -0.1) is 0 Å². The van der Waals surface area contributed by atoms with E-state index in [1.54, 1.807) is 12.1 Å². The van der Waals surface area contributed by atoms with Crippen molar-refractivity contribution in [3.63, 3.8) is 0 Å². The second-order valence-corrected chi connectivity index (χ2v) is 3.25. The molecule has 0 fully saturated rings. The third kappa shape index (κ3) is 1.76. The smallest absolute Gasteiger partial charge is 0.183 e. The number of hydrogen-bond donors (Lipinski definition) is 0. The fourth-order valence-corrected chi connectivity index (χ4v) is 1.47. The first-order valence-electron chi connectivity index (χ1n) is 4.75. The molecule has 0 saturated carbocycles. The lowest BCUT2D eigenvalue weighted by Gasteiger charge is -2.10. The van der Waals surface area contributed by atoms with E-state index in [0.717, 1.165) is 17.9 Å². The molecule has 3 heteroatoms. The molecule has 0 aromatic heterocycles. The van der Waals surface area contributed by atoms with Gasteiger partial charge in [0.05, 0.1) is 6.54 Å². The quantitative estimate of drug-likeness (QED) is 0.707. The van der Waals surface area contributed by atoms with Crippen LogP contribution in [0.25, 0.3) is 0 Å². The van der Waals surface area contributed by atoms with Crippen LogP contribution in [-0.2, 0) is 4.74 Å². The highest BCUT2D eigenvalue weighted by molar-refractivity contribution is 5.77. The van der Waals surface area contributed by atoms with E-state index < -0.39 is 0 Å². The molecule has 0 saturated heterocycles. The molecule has 1 unspecified atom stereocenters. The van der Waals surface area contributed by atoms with Crippen molar-refractivity contribution in [2.24, 2.45) is 4.99 Å². The molecule has 0 amide bonds. The topological polar surface area (TPSA) is 21.6 Å². The second kappa shape index (κ2) is 3.78. The Morgan fingerprint density at radius 2 is 2.14 bits per heavy atom. The molecule has 1 aliphatic rings. The SMILES string of the molecule is CCC1=NCC(c2ccc(F)cc2)O1. The second-order valence-electron chi connectivity index (χ2n) is 3.25. The predicted molar refractivity (Wildman–Crippen MR) is 52.8 cm³/mol. The molecule has 0 spiro atoms. The summed E-state index contributed by atoms with van der Waals surface area (Å²) in [4.78, 5) is 4.24. The minimum atomic E-state index is -0.219. The fraction of sp³-hybridized carbons (Fsp3) is 0.364. The van der Waals surface area contributed by atoms with Crippen molar-refractivity contribution in [2.75, 3.05) is 6.54 Å². The van der Waals surface area contributed by atoms with Gasteiger partial charge in [0.2, 0.25) is 0 Å². The summed E-state index contributed by atoms with van der Waals surface area (Å²) in [5, 5.41) is 0. The Labute approximate surface area is 82.4 Å². The van der Waals surface area contributed by atoms with Gasteiger partial charge in [-0.2, -0.15) is 0 Å². The lowest BCUT2D eigenvalue weighted by atomic mass is 10.1. The first-order valence-corrected chi connectivity index (χ1v) is 4.75. The Morgan fingerprint density at radius 3 is 2.71 bits per heavy atom. The maximum atomic E-state index is 12.6. The molecule has 0 aliphatic carbocycles. The van der Waals surface area contributed by atoms with Crippen molar-refractivity contribution in [1.29, 1.82) is 0 Å². The molecule has 1 atom stereocenters. The molecule has 1 aromatic carbocycles. The number of rotatable bonds is 2. The molecule has 0 bridgehead atoms. The normalized spacial score (nSPS) is 20.4. The van der Waals surface area contributed by atoms with Gasteiger partial charge >= 0.3 is 0 Å². The van der Waals surface area contributed by atoms with E-state index in [1.165, 1.54) is 12.1 Å². The van der Waals surface area contributed by atoms with Gasteiger partial charge in [-0.1, -0.05) is 19.1 Å². The molecule has 0 radical (unpaired) electrons. The highest BCUT2D eigenvalue weighted by Gasteiger charge is 2.19. The van der Waals surface area contributed by atoms with Crippen molar-refractivity contribution < 1.29 is 9.13 Å². The Kier molecular flexibility index (Phi) is 2.48. The molecule has 0 N–H and O–H groups in total. The molecular weight excluding hydrogens is 181 g/mol. The fourth-order valence-electron chi connectivity index (χ4n) is 1.47. The molecule has 1 aliphatic heterocycles. The van der Waals surface area contributed by atoms with Crippen LogP contribution in [0.4, 0.5) is 4.39 Å². The third-order valence-corrected chi connectivity index (χ3v) is 2.26. The van der Waals surface area contributed by atoms with Gasteiger partial charge in [-0.05, 0) is 17.7 Å². The van der Waals surface area contributed by atoms with Crippen LogP contribution >= 0.6 is 0 Å². The Balaban J connectivity index is 2.08. The summed E-state index contributed by atoms with van der Waals surface area (Å²) >= 11 is 0. The van der Waals surface area contributed by atoms with Crippen LogP contribution in [0.15, 0.2) is 29.3 Å². The Morgan fingerprint density at radius 1 is 1.43 bits per heavy atom. The van der Waals surface area contributed by atoms with Crippen LogP contribution in [0.2, 0.25) is 0 Å². The largest absolute Gasteiger partial charge is 0.471 e. The summed E-state index contributed by atoms with van der Waals surface area (Å²) in [6.45, 7) is 2.65. The number of ether oxygens (including phenoxy) is 1. The summed E-state index contributed by atoms with van der Waals surface area (Å²) in [6, 6.07) is 6.38. The Hall–Kier alpha value is -1.38. The number of aliphatic imine (C=N–C) groups is 1. The predicted octanol–water partition coefficient (Wildman–Crippen LogP) is 2.71. The van der Waals surface area contributed by atoms with Crippen LogP contribution in [0.1, 0.15) is 25.0 Å². The van der Waals surface area contributed by atoms with Crippen LogP contribution in [0, 0.1) is 5.82 Å². The maximum Gasteiger partial charge on any atom is 0.183 e. The van der Waals surface area contributed by atoms with Gasteiger partial charge in [-0.25, -0.2) is 4.39 Å². The molecular formula is C11H12FNO. The number of hydrogen-bond acceptors (Lipinski definition) is 2. The van der Waals surface area contributed by atoms with E-state index in [9.17, 15) is 4.39 Å². The van der Waals surface area contributed by atoms with E-state index in [0.29, 0.717) is 6.54 Å². The minimum absolute atomic E-state index is 0.0226. The molecule has 14 heavy (non-hydrogen) atoms. The van der Waals surface area contributed by atoms with Crippen molar-refractivity contribution in [3.05, 3.63) is 35.6 Å². The van der Waals surface area contributed by atoms with Gasteiger partial charge in [0.1, 0.15) is 11.9 Å². The molecule has 1 aromatic rings. The highest BCUT2D eigenvalue weighted by atomic mass is 19.1. The zero-order valence-electron chi connectivity index (χ0n) is 8.03. The average molecular weight is 193 g/mol. The summed E-state index contributed by atoms with van der Waals surface area (Å²) in [6.07, 6.45) is 0.795. The summed E-state index contributed by atoms with van der Waals surface area (Å²) in [5.74, 6) is 0.572. The lowest BCUT2D eigenvalue weighted by Crippen LogP contribution is -2.04. The number of halogens is 1. The van der Waals surface area contributed by atoms with Crippen LogP contribution < -0.4 is 0 Å². The number of nitrogens with zero attached hydrogens (tertiary/aromatic N) is 1. The number of benzene rings is 1. The van der Waals surface area contributed by atoms with Crippen LogP contribution in [-0.4, -0.2) is 12.4 Å². The first kappa shape index (κ1) is 9.19. The zero-order valence-corrected chi connectivity index (χ0v) is 8.03. The van der Waals surface area contributed by atoms with E-state index in [4.69, 9.17) is 4.74 Å². The summed E-state index contributed by atoms with van der Waals surface area (Å²) in [5.41, 5.74) is 0.985. The minimum Gasteiger partial charge on any atom is -0.471 e. The van der Waals surface area contributed by atoms with Gasteiger partial charge in [-0.3, -0.25) is 4.99 Å². The van der Waals surface area contributed by atoms with E-state index in [2.05, 4.69) is 4.99 Å². The van der Waals surface area contributed by atoms with Crippen LogP contribution in [0.3, 0.4) is 0 Å². The monoisotopic (exact) mass is 193 g/mol. The van der Waals surface area contributed by atoms with Crippen molar-refractivity contribution in [2.45, 2.75) is 19.4 Å². The van der Waals surface area contributed by atoms with Gasteiger partial charge in [0.15, 0.2) is 5.90 Å². The standard InChI is InChI=1S/C11H12FNO/c1-2-11-13-7-10(14-11)8-3-5-9(12)6-4-8/h3-6,10H,2,7H2,1H3. The summed E-state index contributed by atoms with van der Waals surface area (Å²) < 4.78 is 18.2. The van der Waals surface area contributed by atoms with E-state index >= 15 is 0 Å². The van der Waals surface area contributed by atoms with Crippen LogP contribution in [0.5, 0.6) is 0 Å². The first-order chi connectivity index (χ1) is 6.79. The van der Waals surface area contributed by atoms with Gasteiger partial charge in [0.25, 0.3) is 0 Å². The summed E-state index contributed by atoms with van der Waals surface area (Å²) in [7, 11) is 0. The average Bonchev–Trinajstić information content (AvgIpc) is 2.67. The van der Waals surface area contributed by atoms with E-state index in [-0.39, 0.29) is 11.9 Å². The van der Waals surface area contributed by atoms with Crippen molar-refractivity contribution >= 4 is 5.90 Å². The highest BCUT2D eigenvalue weighted by Crippen LogP contribution is 2.23. The maximum absolute atomic E-state index is 12.6. The van der Waals surface area contributed by atoms with Crippen molar-refractivity contribution in [1.82, 2.24) is 0 Å². The molecule has 2 rings (SSSR count). The third-order valence-electron chi connectivity index (χ3n) is 2.26.